The van der Waals surface area contributed by atoms with E-state index < -0.39 is 0 Å². The molecule has 144 valence electrons. The summed E-state index contributed by atoms with van der Waals surface area (Å²) in [6, 6.07) is 22.0. The summed E-state index contributed by atoms with van der Waals surface area (Å²) in [5.41, 5.74) is 7.73. The number of para-hydroxylation sites is 2. The monoisotopic (exact) mass is 372 g/mol. The first-order valence-corrected chi connectivity index (χ1v) is 10.0. The Kier molecular flexibility index (Phi) is 4.41. The van der Waals surface area contributed by atoms with Gasteiger partial charge in [-0.25, -0.2) is 9.47 Å². The van der Waals surface area contributed by atoms with E-state index in [2.05, 4.69) is 117 Å². The van der Waals surface area contributed by atoms with E-state index in [0.717, 1.165) is 0 Å². The predicted molar refractivity (Wildman–Crippen MR) is 118 cm³/mol. The Bertz CT molecular complexity index is 1030. The number of benzene rings is 2. The molecular formula is C25H30N3+. The molecule has 0 saturated heterocycles. The number of aromatic nitrogens is 1. The van der Waals surface area contributed by atoms with Gasteiger partial charge in [-0.1, -0.05) is 45.0 Å². The third kappa shape index (κ3) is 3.05. The maximum absolute atomic E-state index is 3.59. The second-order valence-corrected chi connectivity index (χ2v) is 8.82. The van der Waals surface area contributed by atoms with E-state index >= 15 is 0 Å². The van der Waals surface area contributed by atoms with E-state index in [4.69, 9.17) is 0 Å². The van der Waals surface area contributed by atoms with Gasteiger partial charge in [-0.05, 0) is 60.7 Å². The average Bonchev–Trinajstić information content (AvgIpc) is 2.97. The zero-order valence-corrected chi connectivity index (χ0v) is 17.7. The summed E-state index contributed by atoms with van der Waals surface area (Å²) < 4.78 is 2.31. The molecule has 3 aromatic rings. The van der Waals surface area contributed by atoms with E-state index in [0.29, 0.717) is 0 Å². The Hall–Kier alpha value is -2.81. The van der Waals surface area contributed by atoms with E-state index in [9.17, 15) is 0 Å². The molecule has 0 saturated carbocycles. The number of nitrogens with zero attached hydrogens (tertiary/aromatic N) is 2. The van der Waals surface area contributed by atoms with Crippen LogP contribution in [-0.4, -0.2) is 6.17 Å². The second kappa shape index (κ2) is 6.66. The fourth-order valence-electron chi connectivity index (χ4n) is 4.07. The predicted octanol–water partition coefficient (Wildman–Crippen LogP) is 5.69. The van der Waals surface area contributed by atoms with Crippen molar-refractivity contribution in [1.29, 1.82) is 0 Å². The fraction of sp³-hybridized carbons (Fsp3) is 0.320. The van der Waals surface area contributed by atoms with Gasteiger partial charge in [-0.15, -0.1) is 0 Å². The molecule has 1 aliphatic rings. The highest BCUT2D eigenvalue weighted by Crippen LogP contribution is 2.39. The van der Waals surface area contributed by atoms with Crippen LogP contribution in [0, 0.1) is 6.92 Å². The lowest BCUT2D eigenvalue weighted by Gasteiger charge is -2.22. The van der Waals surface area contributed by atoms with Crippen LogP contribution < -0.4 is 14.8 Å². The minimum atomic E-state index is 0.130. The van der Waals surface area contributed by atoms with E-state index in [1.165, 1.54) is 39.6 Å². The highest BCUT2D eigenvalue weighted by atomic mass is 15.4. The van der Waals surface area contributed by atoms with Gasteiger partial charge in [-0.3, -0.25) is 0 Å². The SMILES string of the molecule is Cc1ccc(C(C)(C)C)cc1-c1cccc(N2c3ccccc3N[C@H]2C)[n+]1C. The lowest BCUT2D eigenvalue weighted by molar-refractivity contribution is -0.647. The molecule has 1 atom stereocenters. The molecule has 1 N–H and O–H groups in total. The summed E-state index contributed by atoms with van der Waals surface area (Å²) in [6.45, 7) is 11.2. The molecule has 0 fully saturated rings. The molecule has 1 aliphatic heterocycles. The van der Waals surface area contributed by atoms with Gasteiger partial charge in [-0.2, -0.15) is 0 Å². The maximum atomic E-state index is 3.59. The number of aryl methyl sites for hydroxylation is 1. The number of fused-ring (bicyclic) bond motifs is 1. The van der Waals surface area contributed by atoms with Crippen molar-refractivity contribution in [2.75, 3.05) is 10.2 Å². The van der Waals surface area contributed by atoms with Crippen molar-refractivity contribution >= 4 is 17.2 Å². The summed E-state index contributed by atoms with van der Waals surface area (Å²) in [5.74, 6) is 1.18. The van der Waals surface area contributed by atoms with Crippen molar-refractivity contribution in [3.63, 3.8) is 0 Å². The molecule has 0 amide bonds. The minimum absolute atomic E-state index is 0.130. The summed E-state index contributed by atoms with van der Waals surface area (Å²) >= 11 is 0. The number of anilines is 3. The van der Waals surface area contributed by atoms with Gasteiger partial charge in [0.05, 0.1) is 12.7 Å². The highest BCUT2D eigenvalue weighted by Gasteiger charge is 2.35. The molecule has 3 heteroatoms. The van der Waals surface area contributed by atoms with Gasteiger partial charge in [0.2, 0.25) is 0 Å². The van der Waals surface area contributed by atoms with Crippen molar-refractivity contribution in [2.24, 2.45) is 7.05 Å². The topological polar surface area (TPSA) is 19.1 Å². The number of nitrogens with one attached hydrogen (secondary N) is 1. The van der Waals surface area contributed by atoms with Crippen LogP contribution in [0.5, 0.6) is 0 Å². The standard InChI is InChI=1S/C25H30N3/c1-17-14-15-19(25(3,4)5)16-20(17)22-12-9-13-24(27(22)6)28-18(2)26-21-10-7-8-11-23(21)28/h7-16,18,26H,1-6H3/q+1/t18-/m1/s1. The molecule has 2 heterocycles. The third-order valence-corrected chi connectivity index (χ3v) is 5.75. The van der Waals surface area contributed by atoms with Crippen molar-refractivity contribution in [3.8, 4) is 11.3 Å². The second-order valence-electron chi connectivity index (χ2n) is 8.82. The van der Waals surface area contributed by atoms with Crippen LogP contribution in [0.1, 0.15) is 38.8 Å². The van der Waals surface area contributed by atoms with Gasteiger partial charge in [0, 0.05) is 11.6 Å². The van der Waals surface area contributed by atoms with Crippen LogP contribution >= 0.6 is 0 Å². The summed E-state index contributed by atoms with van der Waals surface area (Å²) in [4.78, 5) is 2.38. The van der Waals surface area contributed by atoms with E-state index in [1.807, 2.05) is 0 Å². The van der Waals surface area contributed by atoms with Crippen molar-refractivity contribution < 1.29 is 4.57 Å². The summed E-state index contributed by atoms with van der Waals surface area (Å²) in [5, 5.41) is 3.59. The molecule has 1 aromatic heterocycles. The molecule has 28 heavy (non-hydrogen) atoms. The summed E-state index contributed by atoms with van der Waals surface area (Å²) in [7, 11) is 2.17. The molecular weight excluding hydrogens is 342 g/mol. The van der Waals surface area contributed by atoms with Crippen LogP contribution in [-0.2, 0) is 12.5 Å². The Labute approximate surface area is 168 Å². The Morgan fingerprint density at radius 2 is 1.71 bits per heavy atom. The zero-order valence-electron chi connectivity index (χ0n) is 17.7. The average molecular weight is 373 g/mol. The van der Waals surface area contributed by atoms with Crippen LogP contribution in [0.4, 0.5) is 17.2 Å². The van der Waals surface area contributed by atoms with E-state index in [1.54, 1.807) is 0 Å². The Morgan fingerprint density at radius 3 is 2.46 bits per heavy atom. The molecule has 3 nitrogen and oxygen atoms in total. The van der Waals surface area contributed by atoms with Crippen LogP contribution in [0.2, 0.25) is 0 Å². The fourth-order valence-corrected chi connectivity index (χ4v) is 4.07. The Balaban J connectivity index is 1.86. The minimum Gasteiger partial charge on any atom is -0.344 e. The van der Waals surface area contributed by atoms with E-state index in [-0.39, 0.29) is 11.6 Å². The van der Waals surface area contributed by atoms with Gasteiger partial charge >= 0.3 is 0 Å². The molecule has 0 bridgehead atoms. The van der Waals surface area contributed by atoms with Crippen LogP contribution in [0.3, 0.4) is 0 Å². The first-order chi connectivity index (χ1) is 13.3. The number of rotatable bonds is 2. The van der Waals surface area contributed by atoms with Gasteiger partial charge in [0.1, 0.15) is 5.69 Å². The third-order valence-electron chi connectivity index (χ3n) is 5.75. The van der Waals surface area contributed by atoms with Crippen LogP contribution in [0.25, 0.3) is 11.3 Å². The van der Waals surface area contributed by atoms with Crippen molar-refractivity contribution in [1.82, 2.24) is 0 Å². The molecule has 0 aliphatic carbocycles. The van der Waals surface area contributed by atoms with Gasteiger partial charge in [0.15, 0.2) is 11.9 Å². The highest BCUT2D eigenvalue weighted by molar-refractivity contribution is 5.80. The largest absolute Gasteiger partial charge is 0.344 e. The first-order valence-electron chi connectivity index (χ1n) is 10.0. The molecule has 0 radical (unpaired) electrons. The lowest BCUT2D eigenvalue weighted by atomic mass is 9.85. The van der Waals surface area contributed by atoms with Crippen molar-refractivity contribution in [2.45, 2.75) is 46.2 Å². The maximum Gasteiger partial charge on any atom is 0.283 e. The van der Waals surface area contributed by atoms with Gasteiger partial charge < -0.3 is 5.32 Å². The first kappa shape index (κ1) is 18.5. The van der Waals surface area contributed by atoms with Gasteiger partial charge in [0.25, 0.3) is 5.82 Å². The normalized spacial score (nSPS) is 16.1. The lowest BCUT2D eigenvalue weighted by Crippen LogP contribution is -2.42. The quantitative estimate of drug-likeness (QED) is 0.583. The van der Waals surface area contributed by atoms with Crippen LogP contribution in [0.15, 0.2) is 60.7 Å². The van der Waals surface area contributed by atoms with Crippen molar-refractivity contribution in [3.05, 3.63) is 71.8 Å². The number of hydrogen-bond donors (Lipinski definition) is 1. The molecule has 2 aromatic carbocycles. The molecule has 4 rings (SSSR count). The number of pyridine rings is 1. The molecule has 0 unspecified atom stereocenters. The number of hydrogen-bond acceptors (Lipinski definition) is 2. The summed E-state index contributed by atoms with van der Waals surface area (Å²) in [6.07, 6.45) is 0.209. The molecule has 0 spiro atoms. The smallest absolute Gasteiger partial charge is 0.283 e. The zero-order chi connectivity index (χ0) is 20.1. The Morgan fingerprint density at radius 1 is 0.964 bits per heavy atom.